The minimum atomic E-state index is -3.19. The average molecular weight is 359 g/mol. The molecule has 0 radical (unpaired) electrons. The molecule has 25 heavy (non-hydrogen) atoms. The first-order valence-corrected chi connectivity index (χ1v) is 10.0. The number of nitrogens with zero attached hydrogens (tertiary/aromatic N) is 3. The molecule has 8 heteroatoms. The molecule has 0 saturated heterocycles. The van der Waals surface area contributed by atoms with Crippen molar-refractivity contribution < 1.29 is 8.42 Å². The Morgan fingerprint density at radius 3 is 2.76 bits per heavy atom. The predicted octanol–water partition coefficient (Wildman–Crippen LogP) is 2.28. The SMILES string of the molecule is CCS(=O)(=O)N1CCc2c(n[nH]c2-c2nc3cc(C)c(C)cc3[nH]2)C1. The lowest BCUT2D eigenvalue weighted by Crippen LogP contribution is -2.36. The van der Waals surface area contributed by atoms with Gasteiger partial charge in [-0.05, 0) is 50.5 Å². The zero-order chi connectivity index (χ0) is 17.8. The van der Waals surface area contributed by atoms with E-state index in [1.54, 1.807) is 6.92 Å². The second kappa shape index (κ2) is 5.67. The number of rotatable bonds is 3. The topological polar surface area (TPSA) is 94.7 Å². The smallest absolute Gasteiger partial charge is 0.214 e. The van der Waals surface area contributed by atoms with E-state index in [0.29, 0.717) is 19.5 Å². The lowest BCUT2D eigenvalue weighted by Gasteiger charge is -2.25. The van der Waals surface area contributed by atoms with Crippen molar-refractivity contribution in [3.8, 4) is 11.5 Å². The Bertz CT molecular complexity index is 1030. The van der Waals surface area contributed by atoms with Gasteiger partial charge >= 0.3 is 0 Å². The third-order valence-electron chi connectivity index (χ3n) is 4.98. The fourth-order valence-corrected chi connectivity index (χ4v) is 4.34. The van der Waals surface area contributed by atoms with Crippen molar-refractivity contribution in [3.63, 3.8) is 0 Å². The van der Waals surface area contributed by atoms with Crippen LogP contribution < -0.4 is 0 Å². The van der Waals surface area contributed by atoms with Crippen LogP contribution in [-0.4, -0.2) is 45.2 Å². The van der Waals surface area contributed by atoms with Gasteiger partial charge in [-0.25, -0.2) is 13.4 Å². The van der Waals surface area contributed by atoms with E-state index in [1.807, 2.05) is 0 Å². The molecule has 0 fully saturated rings. The van der Waals surface area contributed by atoms with Gasteiger partial charge in [0.05, 0.1) is 29.0 Å². The quantitative estimate of drug-likeness (QED) is 0.750. The van der Waals surface area contributed by atoms with Crippen LogP contribution in [-0.2, 0) is 23.0 Å². The fourth-order valence-electron chi connectivity index (χ4n) is 3.29. The summed E-state index contributed by atoms with van der Waals surface area (Å²) in [6.07, 6.45) is 0.634. The van der Waals surface area contributed by atoms with E-state index in [-0.39, 0.29) is 5.75 Å². The fraction of sp³-hybridized carbons (Fsp3) is 0.412. The van der Waals surface area contributed by atoms with Crippen LogP contribution in [0, 0.1) is 13.8 Å². The number of hydrogen-bond donors (Lipinski definition) is 2. The molecule has 2 aromatic heterocycles. The minimum absolute atomic E-state index is 0.113. The van der Waals surface area contributed by atoms with Gasteiger partial charge in [-0.1, -0.05) is 0 Å². The summed E-state index contributed by atoms with van der Waals surface area (Å²) in [4.78, 5) is 8.05. The van der Waals surface area contributed by atoms with Crippen LogP contribution in [0.5, 0.6) is 0 Å². The molecule has 7 nitrogen and oxygen atoms in total. The molecule has 0 saturated carbocycles. The monoisotopic (exact) mass is 359 g/mol. The molecule has 3 aromatic rings. The highest BCUT2D eigenvalue weighted by atomic mass is 32.2. The van der Waals surface area contributed by atoms with Crippen molar-refractivity contribution in [1.82, 2.24) is 24.5 Å². The number of benzene rings is 1. The van der Waals surface area contributed by atoms with E-state index in [4.69, 9.17) is 4.98 Å². The molecule has 0 amide bonds. The molecule has 0 bridgehead atoms. The highest BCUT2D eigenvalue weighted by Gasteiger charge is 2.29. The number of imidazole rings is 1. The van der Waals surface area contributed by atoms with Crippen molar-refractivity contribution in [1.29, 1.82) is 0 Å². The molecule has 1 aromatic carbocycles. The summed E-state index contributed by atoms with van der Waals surface area (Å²) in [7, 11) is -3.19. The van der Waals surface area contributed by atoms with Crippen molar-refractivity contribution in [2.45, 2.75) is 33.7 Å². The van der Waals surface area contributed by atoms with Gasteiger partial charge in [-0.3, -0.25) is 5.10 Å². The van der Waals surface area contributed by atoms with E-state index in [9.17, 15) is 8.42 Å². The summed E-state index contributed by atoms with van der Waals surface area (Å²) in [5.74, 6) is 0.863. The first-order valence-electron chi connectivity index (χ1n) is 8.40. The Labute approximate surface area is 146 Å². The number of fused-ring (bicyclic) bond motifs is 2. The van der Waals surface area contributed by atoms with Crippen LogP contribution in [0.4, 0.5) is 0 Å². The maximum atomic E-state index is 12.1. The zero-order valence-corrected chi connectivity index (χ0v) is 15.4. The Balaban J connectivity index is 1.73. The minimum Gasteiger partial charge on any atom is -0.337 e. The second-order valence-corrected chi connectivity index (χ2v) is 8.80. The van der Waals surface area contributed by atoms with E-state index < -0.39 is 10.0 Å². The van der Waals surface area contributed by atoms with E-state index in [2.05, 4.69) is 41.2 Å². The molecule has 0 spiro atoms. The lowest BCUT2D eigenvalue weighted by molar-refractivity contribution is 0.388. The van der Waals surface area contributed by atoms with Gasteiger partial charge in [0.1, 0.15) is 5.69 Å². The van der Waals surface area contributed by atoms with Crippen LogP contribution >= 0.6 is 0 Å². The number of sulfonamides is 1. The third kappa shape index (κ3) is 2.65. The first-order chi connectivity index (χ1) is 11.9. The van der Waals surface area contributed by atoms with Crippen molar-refractivity contribution in [3.05, 3.63) is 34.5 Å². The van der Waals surface area contributed by atoms with Crippen LogP contribution in [0.25, 0.3) is 22.6 Å². The van der Waals surface area contributed by atoms with Crippen molar-refractivity contribution in [2.75, 3.05) is 12.3 Å². The largest absolute Gasteiger partial charge is 0.337 e. The summed E-state index contributed by atoms with van der Waals surface area (Å²) < 4.78 is 25.7. The van der Waals surface area contributed by atoms with E-state index in [1.165, 1.54) is 15.4 Å². The molecule has 3 heterocycles. The third-order valence-corrected chi connectivity index (χ3v) is 6.81. The van der Waals surface area contributed by atoms with Crippen LogP contribution in [0.1, 0.15) is 29.3 Å². The standard InChI is InChI=1S/C17H21N5O2S/c1-4-25(23,24)22-6-5-12-15(9-22)20-21-16(12)17-18-13-7-10(2)11(3)8-14(13)19-17/h7-8H,4-6,9H2,1-3H3,(H,18,19)(H,20,21). The predicted molar refractivity (Wildman–Crippen MR) is 96.7 cm³/mol. The van der Waals surface area contributed by atoms with Crippen LogP contribution in [0.2, 0.25) is 0 Å². The van der Waals surface area contributed by atoms with Crippen LogP contribution in [0.15, 0.2) is 12.1 Å². The number of nitrogens with one attached hydrogen (secondary N) is 2. The Hall–Kier alpha value is -2.19. The van der Waals surface area contributed by atoms with Crippen molar-refractivity contribution >= 4 is 21.1 Å². The highest BCUT2D eigenvalue weighted by Crippen LogP contribution is 2.29. The Morgan fingerprint density at radius 2 is 2.00 bits per heavy atom. The number of aryl methyl sites for hydroxylation is 2. The van der Waals surface area contributed by atoms with Crippen molar-refractivity contribution in [2.24, 2.45) is 0 Å². The van der Waals surface area contributed by atoms with Gasteiger partial charge < -0.3 is 4.98 Å². The molecule has 0 atom stereocenters. The summed E-state index contributed by atoms with van der Waals surface area (Å²) in [5, 5.41) is 7.39. The Morgan fingerprint density at radius 1 is 1.24 bits per heavy atom. The van der Waals surface area contributed by atoms with Gasteiger partial charge in [0, 0.05) is 12.1 Å². The summed E-state index contributed by atoms with van der Waals surface area (Å²) in [6.45, 7) is 6.62. The number of hydrogen-bond acceptors (Lipinski definition) is 4. The molecule has 1 aliphatic heterocycles. The van der Waals surface area contributed by atoms with Gasteiger partial charge in [-0.2, -0.15) is 9.40 Å². The summed E-state index contributed by atoms with van der Waals surface area (Å²) in [5.41, 5.74) is 7.03. The Kier molecular flexibility index (Phi) is 3.69. The number of H-pyrrole nitrogens is 2. The first kappa shape index (κ1) is 16.3. The summed E-state index contributed by atoms with van der Waals surface area (Å²) >= 11 is 0. The average Bonchev–Trinajstić information content (AvgIpc) is 3.18. The van der Waals surface area contributed by atoms with Gasteiger partial charge in [-0.15, -0.1) is 0 Å². The lowest BCUT2D eigenvalue weighted by atomic mass is 10.1. The molecule has 1 aliphatic rings. The van der Waals surface area contributed by atoms with Gasteiger partial charge in [0.25, 0.3) is 0 Å². The molecular formula is C17H21N5O2S. The maximum absolute atomic E-state index is 12.1. The molecule has 0 aliphatic carbocycles. The van der Waals surface area contributed by atoms with E-state index >= 15 is 0 Å². The van der Waals surface area contributed by atoms with E-state index in [0.717, 1.165) is 33.8 Å². The molecule has 132 valence electrons. The molecular weight excluding hydrogens is 338 g/mol. The van der Waals surface area contributed by atoms with Crippen LogP contribution in [0.3, 0.4) is 0 Å². The zero-order valence-electron chi connectivity index (χ0n) is 14.5. The second-order valence-electron chi connectivity index (χ2n) is 6.55. The van der Waals surface area contributed by atoms with Gasteiger partial charge in [0.2, 0.25) is 10.0 Å². The summed E-state index contributed by atoms with van der Waals surface area (Å²) in [6, 6.07) is 4.17. The number of aromatic nitrogens is 4. The molecule has 2 N–H and O–H groups in total. The highest BCUT2D eigenvalue weighted by molar-refractivity contribution is 7.89. The maximum Gasteiger partial charge on any atom is 0.214 e. The van der Waals surface area contributed by atoms with Gasteiger partial charge in [0.15, 0.2) is 5.82 Å². The molecule has 4 rings (SSSR count). The number of aromatic amines is 2. The molecule has 0 unspecified atom stereocenters. The normalized spacial score (nSPS) is 15.6.